The largest absolute Gasteiger partial charge is 0.317 e. The fourth-order valence-corrected chi connectivity index (χ4v) is 2.80. The van der Waals surface area contributed by atoms with Crippen LogP contribution in [0.1, 0.15) is 52.9 Å². The summed E-state index contributed by atoms with van der Waals surface area (Å²) in [5.74, 6) is 0.784. The predicted octanol–water partition coefficient (Wildman–Crippen LogP) is 2.89. The van der Waals surface area contributed by atoms with Crippen LogP contribution in [0, 0.1) is 5.92 Å². The maximum atomic E-state index is 3.46. The van der Waals surface area contributed by atoms with E-state index < -0.39 is 0 Å². The molecule has 1 N–H and O–H groups in total. The Bertz CT molecular complexity index is 170. The fraction of sp³-hybridized carbons (Fsp3) is 1.00. The van der Waals surface area contributed by atoms with Crippen LogP contribution < -0.4 is 5.32 Å². The molecular weight excluding hydrogens is 196 g/mol. The van der Waals surface area contributed by atoms with Crippen LogP contribution in [0.5, 0.6) is 0 Å². The molecule has 1 heterocycles. The van der Waals surface area contributed by atoms with Gasteiger partial charge in [0.05, 0.1) is 0 Å². The van der Waals surface area contributed by atoms with Gasteiger partial charge in [-0.25, -0.2) is 0 Å². The Hall–Kier alpha value is -0.0800. The molecule has 0 aliphatic carbocycles. The number of rotatable bonds is 6. The second kappa shape index (κ2) is 8.08. The molecule has 2 atom stereocenters. The van der Waals surface area contributed by atoms with E-state index in [9.17, 15) is 0 Å². The highest BCUT2D eigenvalue weighted by Gasteiger charge is 2.20. The molecule has 0 radical (unpaired) electrons. The van der Waals surface area contributed by atoms with Crippen LogP contribution in [0.15, 0.2) is 0 Å². The van der Waals surface area contributed by atoms with E-state index >= 15 is 0 Å². The summed E-state index contributed by atoms with van der Waals surface area (Å²) >= 11 is 0. The molecule has 2 nitrogen and oxygen atoms in total. The molecule has 0 saturated carbocycles. The molecule has 1 aliphatic heterocycles. The summed E-state index contributed by atoms with van der Waals surface area (Å²) in [5, 5.41) is 3.46. The third-order valence-corrected chi connectivity index (χ3v) is 3.76. The summed E-state index contributed by atoms with van der Waals surface area (Å²) in [6.45, 7) is 11.8. The van der Waals surface area contributed by atoms with Crippen molar-refractivity contribution in [3.63, 3.8) is 0 Å². The molecule has 16 heavy (non-hydrogen) atoms. The van der Waals surface area contributed by atoms with Crippen molar-refractivity contribution < 1.29 is 0 Å². The second-order valence-corrected chi connectivity index (χ2v) is 5.32. The molecule has 1 aliphatic rings. The third-order valence-electron chi connectivity index (χ3n) is 3.76. The topological polar surface area (TPSA) is 15.3 Å². The fourth-order valence-electron chi connectivity index (χ4n) is 2.80. The second-order valence-electron chi connectivity index (χ2n) is 5.32. The monoisotopic (exact) mass is 226 g/mol. The first-order chi connectivity index (χ1) is 7.77. The summed E-state index contributed by atoms with van der Waals surface area (Å²) in [6, 6.07) is 0.853. The first-order valence-corrected chi connectivity index (χ1v) is 7.22. The van der Waals surface area contributed by atoms with Gasteiger partial charge in [0.15, 0.2) is 0 Å². The van der Waals surface area contributed by atoms with Crippen molar-refractivity contribution in [2.24, 2.45) is 5.92 Å². The summed E-state index contributed by atoms with van der Waals surface area (Å²) in [7, 11) is 0. The first-order valence-electron chi connectivity index (χ1n) is 7.22. The first kappa shape index (κ1) is 14.0. The van der Waals surface area contributed by atoms with Gasteiger partial charge in [-0.1, -0.05) is 33.6 Å². The maximum Gasteiger partial charge on any atom is 0.00927 e. The lowest BCUT2D eigenvalue weighted by atomic mass is 10.1. The quantitative estimate of drug-likeness (QED) is 0.749. The summed E-state index contributed by atoms with van der Waals surface area (Å²) in [4.78, 5) is 2.75. The van der Waals surface area contributed by atoms with Crippen molar-refractivity contribution in [3.05, 3.63) is 0 Å². The van der Waals surface area contributed by atoms with Gasteiger partial charge in [-0.05, 0) is 44.8 Å². The lowest BCUT2D eigenvalue weighted by Crippen LogP contribution is -2.39. The third kappa shape index (κ3) is 4.84. The number of nitrogens with zero attached hydrogens (tertiary/aromatic N) is 1. The molecular formula is C14H30N2. The van der Waals surface area contributed by atoms with E-state index in [4.69, 9.17) is 0 Å². The standard InChI is InChI=1S/C14H30N2/c1-4-14-9-7-6-8-10-16(14)12-13(3)11-15-5-2/h13-15H,4-12H2,1-3H3. The molecule has 2 heteroatoms. The number of hydrogen-bond donors (Lipinski definition) is 1. The van der Waals surface area contributed by atoms with Gasteiger partial charge in [0.1, 0.15) is 0 Å². The summed E-state index contributed by atoms with van der Waals surface area (Å²) < 4.78 is 0. The van der Waals surface area contributed by atoms with Crippen molar-refractivity contribution in [1.82, 2.24) is 10.2 Å². The van der Waals surface area contributed by atoms with Crippen LogP contribution in [0.4, 0.5) is 0 Å². The highest BCUT2D eigenvalue weighted by atomic mass is 15.2. The number of nitrogens with one attached hydrogen (secondary N) is 1. The Morgan fingerprint density at radius 1 is 1.25 bits per heavy atom. The van der Waals surface area contributed by atoms with Crippen molar-refractivity contribution in [2.45, 2.75) is 58.9 Å². The van der Waals surface area contributed by atoms with Crippen molar-refractivity contribution in [3.8, 4) is 0 Å². The van der Waals surface area contributed by atoms with Crippen molar-refractivity contribution in [1.29, 1.82) is 0 Å². The summed E-state index contributed by atoms with van der Waals surface area (Å²) in [6.07, 6.45) is 7.04. The van der Waals surface area contributed by atoms with E-state index in [0.29, 0.717) is 0 Å². The highest BCUT2D eigenvalue weighted by Crippen LogP contribution is 2.20. The van der Waals surface area contributed by atoms with E-state index in [0.717, 1.165) is 18.5 Å². The molecule has 0 aromatic heterocycles. The lowest BCUT2D eigenvalue weighted by Gasteiger charge is -2.31. The van der Waals surface area contributed by atoms with E-state index in [1.165, 1.54) is 51.7 Å². The highest BCUT2D eigenvalue weighted by molar-refractivity contribution is 4.76. The average molecular weight is 226 g/mol. The Balaban J connectivity index is 2.35. The molecule has 0 aromatic rings. The Morgan fingerprint density at radius 2 is 2.06 bits per heavy atom. The van der Waals surface area contributed by atoms with Crippen LogP contribution in [0.25, 0.3) is 0 Å². The Morgan fingerprint density at radius 3 is 2.75 bits per heavy atom. The van der Waals surface area contributed by atoms with Gasteiger partial charge in [-0.15, -0.1) is 0 Å². The minimum Gasteiger partial charge on any atom is -0.317 e. The van der Waals surface area contributed by atoms with Gasteiger partial charge in [-0.2, -0.15) is 0 Å². The van der Waals surface area contributed by atoms with Gasteiger partial charge < -0.3 is 10.2 Å². The SMILES string of the molecule is CCNCC(C)CN1CCCCCC1CC. The molecule has 0 aromatic carbocycles. The van der Waals surface area contributed by atoms with Crippen LogP contribution >= 0.6 is 0 Å². The van der Waals surface area contributed by atoms with Crippen LogP contribution in [0.2, 0.25) is 0 Å². The minimum absolute atomic E-state index is 0.784. The van der Waals surface area contributed by atoms with E-state index in [2.05, 4.69) is 31.0 Å². The lowest BCUT2D eigenvalue weighted by molar-refractivity contribution is 0.168. The minimum atomic E-state index is 0.784. The molecule has 0 bridgehead atoms. The zero-order valence-electron chi connectivity index (χ0n) is 11.5. The van der Waals surface area contributed by atoms with Crippen LogP contribution in [0.3, 0.4) is 0 Å². The van der Waals surface area contributed by atoms with Gasteiger partial charge in [-0.3, -0.25) is 0 Å². The molecule has 1 saturated heterocycles. The number of hydrogen-bond acceptors (Lipinski definition) is 2. The molecule has 1 rings (SSSR count). The average Bonchev–Trinajstić information content (AvgIpc) is 2.51. The summed E-state index contributed by atoms with van der Waals surface area (Å²) in [5.41, 5.74) is 0. The van der Waals surface area contributed by atoms with Gasteiger partial charge in [0.2, 0.25) is 0 Å². The maximum absolute atomic E-state index is 3.46. The van der Waals surface area contributed by atoms with E-state index in [1.54, 1.807) is 0 Å². The molecule has 2 unspecified atom stereocenters. The van der Waals surface area contributed by atoms with Crippen LogP contribution in [-0.2, 0) is 0 Å². The molecule has 1 fully saturated rings. The zero-order valence-corrected chi connectivity index (χ0v) is 11.5. The van der Waals surface area contributed by atoms with Crippen LogP contribution in [-0.4, -0.2) is 37.1 Å². The van der Waals surface area contributed by atoms with E-state index in [-0.39, 0.29) is 0 Å². The van der Waals surface area contributed by atoms with E-state index in [1.807, 2.05) is 0 Å². The van der Waals surface area contributed by atoms with Gasteiger partial charge in [0, 0.05) is 12.6 Å². The van der Waals surface area contributed by atoms with Gasteiger partial charge in [0.25, 0.3) is 0 Å². The molecule has 96 valence electrons. The van der Waals surface area contributed by atoms with Gasteiger partial charge >= 0.3 is 0 Å². The van der Waals surface area contributed by atoms with Crippen molar-refractivity contribution >= 4 is 0 Å². The molecule has 0 amide bonds. The van der Waals surface area contributed by atoms with Crippen molar-refractivity contribution in [2.75, 3.05) is 26.2 Å². The Kier molecular flexibility index (Phi) is 7.06. The smallest absolute Gasteiger partial charge is 0.00927 e. The zero-order chi connectivity index (χ0) is 11.8. The molecule has 0 spiro atoms. The normalized spacial score (nSPS) is 25.3. The number of likely N-dealkylation sites (tertiary alicyclic amines) is 1. The predicted molar refractivity (Wildman–Crippen MR) is 71.8 cm³/mol. The Labute approximate surface area is 102 Å².